The first kappa shape index (κ1) is 10.3. The number of hydrogen-bond donors (Lipinski definition) is 1. The van der Waals surface area contributed by atoms with Gasteiger partial charge in [0.05, 0.1) is 5.69 Å². The van der Waals surface area contributed by atoms with Crippen molar-refractivity contribution in [1.82, 2.24) is 4.98 Å². The van der Waals surface area contributed by atoms with Crippen molar-refractivity contribution in [2.24, 2.45) is 5.73 Å². The fourth-order valence-electron chi connectivity index (χ4n) is 1.49. The van der Waals surface area contributed by atoms with E-state index in [1.54, 1.807) is 11.3 Å². The van der Waals surface area contributed by atoms with E-state index in [9.17, 15) is 0 Å². The summed E-state index contributed by atoms with van der Waals surface area (Å²) >= 11 is 1.69. The zero-order chi connectivity index (χ0) is 10.7. The Morgan fingerprint density at radius 3 is 2.93 bits per heavy atom. The second kappa shape index (κ2) is 4.55. The lowest BCUT2D eigenvalue weighted by molar-refractivity contribution is 0.723. The lowest BCUT2D eigenvalue weighted by atomic mass is 10.1. The molecule has 0 saturated heterocycles. The van der Waals surface area contributed by atoms with Crippen LogP contribution in [-0.4, -0.2) is 11.0 Å². The minimum Gasteiger partial charge on any atom is -0.328 e. The van der Waals surface area contributed by atoms with E-state index < -0.39 is 0 Å². The van der Waals surface area contributed by atoms with Gasteiger partial charge in [0.25, 0.3) is 0 Å². The van der Waals surface area contributed by atoms with Gasteiger partial charge in [0.1, 0.15) is 0 Å². The fourth-order valence-corrected chi connectivity index (χ4v) is 2.14. The molecule has 3 heteroatoms. The standard InChI is InChI=1S/C12H14N2S/c1-9(13)7-11-3-2-4-12(14-11)10-5-6-15-8-10/h2-6,8-9H,7,13H2,1H3. The molecule has 78 valence electrons. The summed E-state index contributed by atoms with van der Waals surface area (Å²) in [6, 6.07) is 8.35. The summed E-state index contributed by atoms with van der Waals surface area (Å²) in [7, 11) is 0. The lowest BCUT2D eigenvalue weighted by Gasteiger charge is -2.05. The van der Waals surface area contributed by atoms with Gasteiger partial charge in [0, 0.05) is 29.1 Å². The second-order valence-corrected chi connectivity index (χ2v) is 4.49. The maximum absolute atomic E-state index is 5.76. The third-order valence-electron chi connectivity index (χ3n) is 2.15. The monoisotopic (exact) mass is 218 g/mol. The van der Waals surface area contributed by atoms with Crippen LogP contribution in [0.4, 0.5) is 0 Å². The maximum atomic E-state index is 5.76. The molecular weight excluding hydrogens is 204 g/mol. The van der Waals surface area contributed by atoms with E-state index in [2.05, 4.69) is 21.8 Å². The number of rotatable bonds is 3. The minimum atomic E-state index is 0.162. The van der Waals surface area contributed by atoms with Gasteiger partial charge in [-0.25, -0.2) is 0 Å². The average molecular weight is 218 g/mol. The van der Waals surface area contributed by atoms with Gasteiger partial charge in [-0.15, -0.1) is 0 Å². The van der Waals surface area contributed by atoms with E-state index in [-0.39, 0.29) is 6.04 Å². The minimum absolute atomic E-state index is 0.162. The molecule has 2 nitrogen and oxygen atoms in total. The van der Waals surface area contributed by atoms with Gasteiger partial charge in [-0.05, 0) is 30.5 Å². The van der Waals surface area contributed by atoms with E-state index in [0.29, 0.717) is 0 Å². The van der Waals surface area contributed by atoms with Gasteiger partial charge in [-0.3, -0.25) is 4.98 Å². The molecular formula is C12H14N2S. The van der Waals surface area contributed by atoms with E-state index in [4.69, 9.17) is 5.73 Å². The molecule has 0 aromatic carbocycles. The second-order valence-electron chi connectivity index (χ2n) is 3.71. The maximum Gasteiger partial charge on any atom is 0.0713 e. The Hall–Kier alpha value is -1.19. The normalized spacial score (nSPS) is 12.7. The van der Waals surface area contributed by atoms with Crippen molar-refractivity contribution in [2.75, 3.05) is 0 Å². The Morgan fingerprint density at radius 2 is 2.27 bits per heavy atom. The molecule has 2 N–H and O–H groups in total. The molecule has 2 aromatic rings. The van der Waals surface area contributed by atoms with Crippen LogP contribution in [0.5, 0.6) is 0 Å². The molecule has 0 aliphatic rings. The molecule has 0 spiro atoms. The molecule has 2 aromatic heterocycles. The van der Waals surface area contributed by atoms with Gasteiger partial charge in [-0.2, -0.15) is 11.3 Å². The fraction of sp³-hybridized carbons (Fsp3) is 0.250. The van der Waals surface area contributed by atoms with Crippen molar-refractivity contribution in [3.63, 3.8) is 0 Å². The van der Waals surface area contributed by atoms with Crippen LogP contribution in [0.1, 0.15) is 12.6 Å². The molecule has 0 amide bonds. The molecule has 15 heavy (non-hydrogen) atoms. The van der Waals surface area contributed by atoms with Gasteiger partial charge < -0.3 is 5.73 Å². The number of hydrogen-bond acceptors (Lipinski definition) is 3. The summed E-state index contributed by atoms with van der Waals surface area (Å²) in [6.07, 6.45) is 0.831. The smallest absolute Gasteiger partial charge is 0.0713 e. The molecule has 0 fully saturated rings. The van der Waals surface area contributed by atoms with Gasteiger partial charge in [0.15, 0.2) is 0 Å². The van der Waals surface area contributed by atoms with Gasteiger partial charge in [-0.1, -0.05) is 6.07 Å². The Morgan fingerprint density at radius 1 is 1.40 bits per heavy atom. The highest BCUT2D eigenvalue weighted by Gasteiger charge is 2.03. The average Bonchev–Trinajstić information content (AvgIpc) is 2.69. The van der Waals surface area contributed by atoms with E-state index in [1.165, 1.54) is 5.56 Å². The first-order chi connectivity index (χ1) is 7.25. The number of pyridine rings is 1. The highest BCUT2D eigenvalue weighted by Crippen LogP contribution is 2.20. The Bertz CT molecular complexity index is 421. The zero-order valence-corrected chi connectivity index (χ0v) is 9.50. The molecule has 0 aliphatic heterocycles. The van der Waals surface area contributed by atoms with Crippen LogP contribution >= 0.6 is 11.3 Å². The lowest BCUT2D eigenvalue weighted by Crippen LogP contribution is -2.18. The van der Waals surface area contributed by atoms with Crippen LogP contribution in [0.25, 0.3) is 11.3 Å². The SMILES string of the molecule is CC(N)Cc1cccc(-c2ccsc2)n1. The number of thiophene rings is 1. The first-order valence-electron chi connectivity index (χ1n) is 5.00. The number of aromatic nitrogens is 1. The molecule has 1 unspecified atom stereocenters. The van der Waals surface area contributed by atoms with Gasteiger partial charge >= 0.3 is 0 Å². The van der Waals surface area contributed by atoms with Crippen molar-refractivity contribution in [1.29, 1.82) is 0 Å². The molecule has 0 bridgehead atoms. The highest BCUT2D eigenvalue weighted by molar-refractivity contribution is 7.08. The van der Waals surface area contributed by atoms with Crippen molar-refractivity contribution in [2.45, 2.75) is 19.4 Å². The summed E-state index contributed by atoms with van der Waals surface area (Å²) in [5, 5.41) is 4.17. The third-order valence-corrected chi connectivity index (χ3v) is 2.84. The van der Waals surface area contributed by atoms with E-state index >= 15 is 0 Å². The zero-order valence-electron chi connectivity index (χ0n) is 8.68. The van der Waals surface area contributed by atoms with Crippen LogP contribution in [-0.2, 0) is 6.42 Å². The molecule has 0 aliphatic carbocycles. The van der Waals surface area contributed by atoms with Gasteiger partial charge in [0.2, 0.25) is 0 Å². The Kier molecular flexibility index (Phi) is 3.14. The topological polar surface area (TPSA) is 38.9 Å². The van der Waals surface area contributed by atoms with Crippen LogP contribution in [0.3, 0.4) is 0 Å². The predicted molar refractivity (Wildman–Crippen MR) is 64.9 cm³/mol. The summed E-state index contributed by atoms with van der Waals surface area (Å²) in [6.45, 7) is 2.00. The van der Waals surface area contributed by atoms with Crippen LogP contribution in [0.2, 0.25) is 0 Å². The third kappa shape index (κ3) is 2.64. The summed E-state index contributed by atoms with van der Waals surface area (Å²) < 4.78 is 0. The van der Waals surface area contributed by atoms with Crippen LogP contribution in [0, 0.1) is 0 Å². The van der Waals surface area contributed by atoms with Crippen molar-refractivity contribution in [3.05, 3.63) is 40.7 Å². The Balaban J connectivity index is 2.27. The van der Waals surface area contributed by atoms with Crippen molar-refractivity contribution >= 4 is 11.3 Å². The van der Waals surface area contributed by atoms with E-state index in [0.717, 1.165) is 17.8 Å². The van der Waals surface area contributed by atoms with Crippen molar-refractivity contribution < 1.29 is 0 Å². The Labute approximate surface area is 93.8 Å². The van der Waals surface area contributed by atoms with E-state index in [1.807, 2.05) is 25.1 Å². The summed E-state index contributed by atoms with van der Waals surface area (Å²) in [5.74, 6) is 0. The molecule has 2 heterocycles. The molecule has 2 rings (SSSR count). The van der Waals surface area contributed by atoms with Crippen LogP contribution in [0.15, 0.2) is 35.0 Å². The first-order valence-corrected chi connectivity index (χ1v) is 5.94. The summed E-state index contributed by atoms with van der Waals surface area (Å²) in [5.41, 5.74) is 9.04. The van der Waals surface area contributed by atoms with Crippen LogP contribution < -0.4 is 5.73 Å². The summed E-state index contributed by atoms with van der Waals surface area (Å²) in [4.78, 5) is 4.58. The quantitative estimate of drug-likeness (QED) is 0.860. The highest BCUT2D eigenvalue weighted by atomic mass is 32.1. The van der Waals surface area contributed by atoms with Crippen molar-refractivity contribution in [3.8, 4) is 11.3 Å². The molecule has 0 saturated carbocycles. The largest absolute Gasteiger partial charge is 0.328 e. The predicted octanol–water partition coefficient (Wildman–Crippen LogP) is 2.70. The molecule has 0 radical (unpaired) electrons. The molecule has 1 atom stereocenters. The number of nitrogens with zero attached hydrogens (tertiary/aromatic N) is 1. The number of nitrogens with two attached hydrogens (primary N) is 1.